The molecule has 1 aliphatic heterocycles. The topological polar surface area (TPSA) is 32.3 Å². The van der Waals surface area contributed by atoms with E-state index >= 15 is 0 Å². The fourth-order valence-corrected chi connectivity index (χ4v) is 3.80. The van der Waals surface area contributed by atoms with Gasteiger partial charge >= 0.3 is 0 Å². The molecule has 138 valence electrons. The number of carbonyl (C=O) groups excluding carboxylic acids is 1. The van der Waals surface area contributed by atoms with E-state index in [-0.39, 0.29) is 30.2 Å². The number of halogens is 3. The Bertz CT molecular complexity index is 630. The molecule has 2 atom stereocenters. The predicted molar refractivity (Wildman–Crippen MR) is 94.8 cm³/mol. The summed E-state index contributed by atoms with van der Waals surface area (Å²) in [6.45, 7) is 2.66. The molecule has 0 radical (unpaired) electrons. The number of nitrogens with zero attached hydrogens (tertiary/aromatic N) is 1. The molecule has 25 heavy (non-hydrogen) atoms. The second-order valence-electron chi connectivity index (χ2n) is 7.57. The lowest BCUT2D eigenvalue weighted by Crippen LogP contribution is -2.46. The number of piperidine rings is 1. The number of rotatable bonds is 5. The average Bonchev–Trinajstić information content (AvgIpc) is 3.49. The molecule has 4 rings (SSSR count). The molecular formula is C19H25ClF2N2O. The van der Waals surface area contributed by atoms with Gasteiger partial charge in [-0.3, -0.25) is 4.79 Å². The Morgan fingerprint density at radius 3 is 2.56 bits per heavy atom. The molecule has 3 fully saturated rings. The highest BCUT2D eigenvalue weighted by atomic mass is 35.5. The van der Waals surface area contributed by atoms with Crippen LogP contribution in [0, 0.1) is 23.5 Å². The minimum Gasteiger partial charge on any atom is -0.342 e. The van der Waals surface area contributed by atoms with E-state index in [0.29, 0.717) is 18.0 Å². The van der Waals surface area contributed by atoms with Crippen molar-refractivity contribution in [3.05, 3.63) is 35.4 Å². The first-order valence-corrected chi connectivity index (χ1v) is 9.09. The third-order valence-electron chi connectivity index (χ3n) is 5.66. The van der Waals surface area contributed by atoms with Gasteiger partial charge in [-0.2, -0.15) is 0 Å². The zero-order valence-electron chi connectivity index (χ0n) is 14.2. The largest absolute Gasteiger partial charge is 0.342 e. The Balaban J connectivity index is 0.00000182. The van der Waals surface area contributed by atoms with E-state index in [9.17, 15) is 13.6 Å². The Labute approximate surface area is 153 Å². The standard InChI is InChI=1S/C19H24F2N2O.ClH/c20-13-3-4-18(21)16(9-13)15-10-17(15)19(24)23-7-5-14(6-8-23)22-11-12-1-2-12;/h3-4,9,12,14-15,17,22H,1-2,5-8,10-11H2;1H. The van der Waals surface area contributed by atoms with Crippen molar-refractivity contribution in [2.24, 2.45) is 11.8 Å². The molecule has 2 unspecified atom stereocenters. The van der Waals surface area contributed by atoms with Crippen LogP contribution in [0.4, 0.5) is 8.78 Å². The fraction of sp³-hybridized carbons (Fsp3) is 0.632. The summed E-state index contributed by atoms with van der Waals surface area (Å²) in [5.74, 6) is -0.176. The molecule has 3 aliphatic rings. The van der Waals surface area contributed by atoms with E-state index in [2.05, 4.69) is 5.32 Å². The van der Waals surface area contributed by atoms with Crippen LogP contribution in [0.1, 0.15) is 43.6 Å². The van der Waals surface area contributed by atoms with Crippen molar-refractivity contribution in [1.82, 2.24) is 10.2 Å². The summed E-state index contributed by atoms with van der Waals surface area (Å²) < 4.78 is 27.2. The van der Waals surface area contributed by atoms with Crippen LogP contribution in [0.25, 0.3) is 0 Å². The Morgan fingerprint density at radius 2 is 1.88 bits per heavy atom. The fourth-order valence-electron chi connectivity index (χ4n) is 3.80. The number of hydrogen-bond acceptors (Lipinski definition) is 2. The molecule has 1 aromatic rings. The lowest BCUT2D eigenvalue weighted by Gasteiger charge is -2.33. The molecule has 0 aromatic heterocycles. The Hall–Kier alpha value is -1.20. The van der Waals surface area contributed by atoms with Crippen molar-refractivity contribution in [3.63, 3.8) is 0 Å². The van der Waals surface area contributed by atoms with Crippen molar-refractivity contribution in [2.45, 2.75) is 44.1 Å². The van der Waals surface area contributed by atoms with E-state index in [4.69, 9.17) is 0 Å². The summed E-state index contributed by atoms with van der Waals surface area (Å²) in [7, 11) is 0. The van der Waals surface area contributed by atoms with Gasteiger partial charge in [0.25, 0.3) is 0 Å². The van der Waals surface area contributed by atoms with Gasteiger partial charge in [0.05, 0.1) is 0 Å². The van der Waals surface area contributed by atoms with E-state index in [1.165, 1.54) is 18.9 Å². The minimum atomic E-state index is -0.438. The summed E-state index contributed by atoms with van der Waals surface area (Å²) in [5, 5.41) is 3.61. The summed E-state index contributed by atoms with van der Waals surface area (Å²) >= 11 is 0. The third kappa shape index (κ3) is 4.32. The summed E-state index contributed by atoms with van der Waals surface area (Å²) in [6.07, 6.45) is 5.32. The van der Waals surface area contributed by atoms with E-state index < -0.39 is 11.6 Å². The molecular weight excluding hydrogens is 346 g/mol. The molecule has 1 amide bonds. The maximum atomic E-state index is 13.8. The Kier molecular flexibility index (Phi) is 5.64. The van der Waals surface area contributed by atoms with Gasteiger partial charge in [0.2, 0.25) is 5.91 Å². The third-order valence-corrected chi connectivity index (χ3v) is 5.66. The van der Waals surface area contributed by atoms with Crippen LogP contribution < -0.4 is 5.32 Å². The molecule has 2 aliphatic carbocycles. The number of likely N-dealkylation sites (tertiary alicyclic amines) is 1. The van der Waals surface area contributed by atoms with Gasteiger partial charge in [-0.15, -0.1) is 12.4 Å². The monoisotopic (exact) mass is 370 g/mol. The number of nitrogens with one attached hydrogen (secondary N) is 1. The SMILES string of the molecule is Cl.O=C(C1CC1c1cc(F)ccc1F)N1CCC(NCC2CC2)CC1. The smallest absolute Gasteiger partial charge is 0.226 e. The lowest BCUT2D eigenvalue weighted by molar-refractivity contribution is -0.133. The molecule has 0 bridgehead atoms. The van der Waals surface area contributed by atoms with Crippen LogP contribution in [0.3, 0.4) is 0 Å². The van der Waals surface area contributed by atoms with Crippen molar-refractivity contribution in [1.29, 1.82) is 0 Å². The number of carbonyl (C=O) groups is 1. The highest BCUT2D eigenvalue weighted by Gasteiger charge is 2.47. The molecule has 3 nitrogen and oxygen atoms in total. The van der Waals surface area contributed by atoms with Crippen LogP contribution in [0.5, 0.6) is 0 Å². The summed E-state index contributed by atoms with van der Waals surface area (Å²) in [5.41, 5.74) is 0.356. The molecule has 6 heteroatoms. The first-order valence-electron chi connectivity index (χ1n) is 9.09. The average molecular weight is 371 g/mol. The van der Waals surface area contributed by atoms with Gasteiger partial charge in [-0.1, -0.05) is 0 Å². The van der Waals surface area contributed by atoms with Gasteiger partial charge in [0, 0.05) is 25.0 Å². The van der Waals surface area contributed by atoms with E-state index in [1.54, 1.807) is 0 Å². The normalized spacial score (nSPS) is 26.2. The molecule has 1 aromatic carbocycles. The second kappa shape index (κ2) is 7.58. The quantitative estimate of drug-likeness (QED) is 0.860. The molecule has 1 heterocycles. The van der Waals surface area contributed by atoms with Crippen molar-refractivity contribution in [3.8, 4) is 0 Å². The summed E-state index contributed by atoms with van der Waals surface area (Å²) in [6, 6.07) is 4.03. The van der Waals surface area contributed by atoms with Gasteiger partial charge < -0.3 is 10.2 Å². The Morgan fingerprint density at radius 1 is 1.16 bits per heavy atom. The van der Waals surface area contributed by atoms with E-state index in [1.807, 2.05) is 4.90 Å². The van der Waals surface area contributed by atoms with Gasteiger partial charge in [-0.25, -0.2) is 8.78 Å². The maximum Gasteiger partial charge on any atom is 0.226 e. The molecule has 2 saturated carbocycles. The van der Waals surface area contributed by atoms with Crippen molar-refractivity contribution < 1.29 is 13.6 Å². The number of amides is 1. The molecule has 0 spiro atoms. The predicted octanol–water partition coefficient (Wildman–Crippen LogP) is 3.48. The van der Waals surface area contributed by atoms with Gasteiger partial charge in [-0.05, 0) is 74.2 Å². The maximum absolute atomic E-state index is 13.8. The van der Waals surface area contributed by atoms with Crippen LogP contribution in [-0.4, -0.2) is 36.5 Å². The first kappa shape index (κ1) is 18.6. The first-order chi connectivity index (χ1) is 11.6. The van der Waals surface area contributed by atoms with Gasteiger partial charge in [0.1, 0.15) is 11.6 Å². The second-order valence-corrected chi connectivity index (χ2v) is 7.57. The molecule has 1 saturated heterocycles. The zero-order chi connectivity index (χ0) is 16.7. The van der Waals surface area contributed by atoms with E-state index in [0.717, 1.165) is 50.5 Å². The highest BCUT2D eigenvalue weighted by Crippen LogP contribution is 2.49. The van der Waals surface area contributed by atoms with Crippen molar-refractivity contribution in [2.75, 3.05) is 19.6 Å². The van der Waals surface area contributed by atoms with Gasteiger partial charge in [0.15, 0.2) is 0 Å². The molecule has 1 N–H and O–H groups in total. The highest BCUT2D eigenvalue weighted by molar-refractivity contribution is 5.85. The number of benzene rings is 1. The van der Waals surface area contributed by atoms with Crippen molar-refractivity contribution >= 4 is 18.3 Å². The van der Waals surface area contributed by atoms with Crippen LogP contribution >= 0.6 is 12.4 Å². The number of hydrogen-bond donors (Lipinski definition) is 1. The van der Waals surface area contributed by atoms with Crippen LogP contribution in [0.15, 0.2) is 18.2 Å². The van der Waals surface area contributed by atoms with Crippen LogP contribution in [-0.2, 0) is 4.79 Å². The van der Waals surface area contributed by atoms with Crippen LogP contribution in [0.2, 0.25) is 0 Å². The minimum absolute atomic E-state index is 0. The lowest BCUT2D eigenvalue weighted by atomic mass is 10.0. The summed E-state index contributed by atoms with van der Waals surface area (Å²) in [4.78, 5) is 14.5. The zero-order valence-corrected chi connectivity index (χ0v) is 15.0.